The van der Waals surface area contributed by atoms with E-state index >= 15 is 0 Å². The topological polar surface area (TPSA) is 269 Å². The number of rotatable bonds is 7. The van der Waals surface area contributed by atoms with Crippen molar-refractivity contribution in [2.45, 2.75) is 92.1 Å². The zero-order chi connectivity index (χ0) is 25.3. The maximum absolute atomic E-state index is 10.6. The lowest BCUT2D eigenvalue weighted by Crippen LogP contribution is -2.66. The van der Waals surface area contributed by atoms with E-state index in [-0.39, 0.29) is 0 Å². The van der Waals surface area contributed by atoms with Gasteiger partial charge in [0.1, 0.15) is 73.2 Å². The van der Waals surface area contributed by atoms with Crippen LogP contribution in [-0.4, -0.2) is 168 Å². The first-order valence-corrected chi connectivity index (χ1v) is 10.6. The fourth-order valence-corrected chi connectivity index (χ4v) is 4.06. The molecule has 0 bridgehead atoms. The van der Waals surface area contributed by atoms with Crippen molar-refractivity contribution in [1.29, 1.82) is 0 Å². The Hall–Kier alpha value is -0.640. The zero-order valence-electron chi connectivity index (χ0n) is 17.7. The van der Waals surface area contributed by atoms with E-state index in [4.69, 9.17) is 23.7 Å². The fraction of sp³-hybridized carbons (Fsp3) is 1.00. The molecule has 3 aliphatic rings. The molecular weight excluding hydrogens is 472 g/mol. The van der Waals surface area contributed by atoms with Gasteiger partial charge in [0, 0.05) is 0 Å². The molecule has 0 amide bonds. The van der Waals surface area contributed by atoms with Gasteiger partial charge in [0.2, 0.25) is 0 Å². The van der Waals surface area contributed by atoms with Crippen molar-refractivity contribution in [1.82, 2.24) is 0 Å². The van der Waals surface area contributed by atoms with Gasteiger partial charge in [0.05, 0.1) is 19.8 Å². The van der Waals surface area contributed by atoms with Crippen molar-refractivity contribution >= 4 is 0 Å². The highest BCUT2D eigenvalue weighted by Gasteiger charge is 2.53. The first-order valence-electron chi connectivity index (χ1n) is 10.6. The Morgan fingerprint density at radius 3 is 1.35 bits per heavy atom. The first kappa shape index (κ1) is 27.9. The van der Waals surface area contributed by atoms with E-state index in [0.29, 0.717) is 0 Å². The van der Waals surface area contributed by atoms with Crippen molar-refractivity contribution in [2.24, 2.45) is 0 Å². The molecule has 15 atom stereocenters. The Bertz CT molecular complexity index is 635. The van der Waals surface area contributed by atoms with Gasteiger partial charge in [-0.1, -0.05) is 0 Å². The lowest BCUT2D eigenvalue weighted by molar-refractivity contribution is -0.377. The molecule has 16 nitrogen and oxygen atoms in total. The van der Waals surface area contributed by atoms with Gasteiger partial charge in [-0.05, 0) is 0 Å². The number of hydrogen-bond donors (Lipinski definition) is 11. The molecule has 16 heteroatoms. The second-order valence-corrected chi connectivity index (χ2v) is 8.33. The monoisotopic (exact) mass is 504 g/mol. The van der Waals surface area contributed by atoms with Crippen LogP contribution in [0.4, 0.5) is 0 Å². The van der Waals surface area contributed by atoms with Crippen LogP contribution in [0.1, 0.15) is 0 Å². The lowest BCUT2D eigenvalue weighted by Gasteiger charge is -2.47. The summed E-state index contributed by atoms with van der Waals surface area (Å²) >= 11 is 0. The Morgan fingerprint density at radius 1 is 0.441 bits per heavy atom. The Balaban J connectivity index is 1.72. The van der Waals surface area contributed by atoms with Crippen LogP contribution in [-0.2, 0) is 23.7 Å². The predicted molar refractivity (Wildman–Crippen MR) is 101 cm³/mol. The van der Waals surface area contributed by atoms with Crippen molar-refractivity contribution in [3.63, 3.8) is 0 Å². The van der Waals surface area contributed by atoms with Crippen LogP contribution in [0.15, 0.2) is 0 Å². The third-order valence-electron chi connectivity index (χ3n) is 6.09. The number of ether oxygens (including phenoxy) is 5. The molecule has 11 N–H and O–H groups in total. The first-order chi connectivity index (χ1) is 16.0. The maximum atomic E-state index is 10.6. The largest absolute Gasteiger partial charge is 0.394 e. The summed E-state index contributed by atoms with van der Waals surface area (Å²) in [5, 5.41) is 109. The number of hydrogen-bond acceptors (Lipinski definition) is 16. The van der Waals surface area contributed by atoms with Gasteiger partial charge < -0.3 is 79.9 Å². The highest BCUT2D eigenvalue weighted by Crippen LogP contribution is 2.32. The molecule has 3 heterocycles. The molecule has 0 radical (unpaired) electrons. The van der Waals surface area contributed by atoms with Crippen LogP contribution in [0.5, 0.6) is 0 Å². The van der Waals surface area contributed by atoms with Crippen LogP contribution in [0.25, 0.3) is 0 Å². The summed E-state index contributed by atoms with van der Waals surface area (Å²) in [7, 11) is 0. The summed E-state index contributed by atoms with van der Waals surface area (Å²) in [6.07, 6.45) is -25.1. The molecule has 3 saturated heterocycles. The minimum Gasteiger partial charge on any atom is -0.394 e. The lowest BCUT2D eigenvalue weighted by atomic mass is 9.96. The van der Waals surface area contributed by atoms with Crippen LogP contribution in [0, 0.1) is 0 Å². The third-order valence-corrected chi connectivity index (χ3v) is 6.09. The average Bonchev–Trinajstić information content (AvgIpc) is 2.83. The Morgan fingerprint density at radius 2 is 0.853 bits per heavy atom. The second-order valence-electron chi connectivity index (χ2n) is 8.33. The van der Waals surface area contributed by atoms with Gasteiger partial charge in [0.25, 0.3) is 0 Å². The smallest absolute Gasteiger partial charge is 0.187 e. The molecule has 0 aliphatic carbocycles. The average molecular weight is 504 g/mol. The Labute approximate surface area is 192 Å². The molecule has 34 heavy (non-hydrogen) atoms. The van der Waals surface area contributed by atoms with Crippen molar-refractivity contribution in [2.75, 3.05) is 19.8 Å². The van der Waals surface area contributed by atoms with E-state index in [1.807, 2.05) is 0 Å². The molecule has 200 valence electrons. The minimum absolute atomic E-state index is 0.741. The standard InChI is InChI=1S/C18H32O16/c19-1-4-7(22)8(23)12(27)17(31-4)34-15-6(3-21)32-18(13(28)10(15)25)33-14-5(2-20)30-16(29)11(26)9(14)24/h4-29H,1-3H2/t4-,5-,6-,7-,8+,9-,10-,11-,12-,13-,14-,15-,16?,17-,18+/m1/s1. The molecule has 1 unspecified atom stereocenters. The van der Waals surface area contributed by atoms with E-state index in [1.54, 1.807) is 0 Å². The summed E-state index contributed by atoms with van der Waals surface area (Å²) in [6.45, 7) is -2.32. The van der Waals surface area contributed by atoms with E-state index in [0.717, 1.165) is 0 Å². The number of aliphatic hydroxyl groups is 11. The predicted octanol–water partition coefficient (Wildman–Crippen LogP) is -7.57. The van der Waals surface area contributed by atoms with Gasteiger partial charge in [-0.2, -0.15) is 0 Å². The second kappa shape index (κ2) is 11.6. The van der Waals surface area contributed by atoms with Crippen LogP contribution in [0.3, 0.4) is 0 Å². The molecule has 0 aromatic heterocycles. The quantitative estimate of drug-likeness (QED) is 0.154. The minimum atomic E-state index is -1.91. The van der Waals surface area contributed by atoms with Crippen molar-refractivity contribution < 1.29 is 79.9 Å². The van der Waals surface area contributed by atoms with Gasteiger partial charge in [0.15, 0.2) is 18.9 Å². The molecule has 3 fully saturated rings. The molecule has 0 spiro atoms. The van der Waals surface area contributed by atoms with Gasteiger partial charge in [-0.3, -0.25) is 0 Å². The SMILES string of the molecule is OC[C@H]1O[C@H](O[C@H]2[C@H](O)[C@@H](O)[C@H](O[C@H]3[C@H](O)[C@@H](O)C(O)O[C@@H]3CO)O[C@@H]2CO)[C@H](O)[C@@H](O)[C@@H]1O. The highest BCUT2D eigenvalue weighted by atomic mass is 16.8. The van der Waals surface area contributed by atoms with Gasteiger partial charge in [-0.15, -0.1) is 0 Å². The third kappa shape index (κ3) is 5.37. The molecule has 0 saturated carbocycles. The van der Waals surface area contributed by atoms with Gasteiger partial charge >= 0.3 is 0 Å². The fourth-order valence-electron chi connectivity index (χ4n) is 4.06. The zero-order valence-corrected chi connectivity index (χ0v) is 17.7. The molecule has 0 aromatic carbocycles. The van der Waals surface area contributed by atoms with Crippen molar-refractivity contribution in [3.8, 4) is 0 Å². The van der Waals surface area contributed by atoms with E-state index in [1.165, 1.54) is 0 Å². The molecular formula is C18H32O16. The summed E-state index contributed by atoms with van der Waals surface area (Å²) in [5.74, 6) is 0. The molecule has 3 aliphatic heterocycles. The summed E-state index contributed by atoms with van der Waals surface area (Å²) in [5.41, 5.74) is 0. The number of aliphatic hydroxyl groups excluding tert-OH is 11. The van der Waals surface area contributed by atoms with Crippen LogP contribution >= 0.6 is 0 Å². The molecule has 0 aromatic rings. The van der Waals surface area contributed by atoms with Crippen molar-refractivity contribution in [3.05, 3.63) is 0 Å². The van der Waals surface area contributed by atoms with Crippen LogP contribution < -0.4 is 0 Å². The summed E-state index contributed by atoms with van der Waals surface area (Å²) in [4.78, 5) is 0. The van der Waals surface area contributed by atoms with E-state index in [2.05, 4.69) is 0 Å². The molecule has 3 rings (SSSR count). The summed E-state index contributed by atoms with van der Waals surface area (Å²) < 4.78 is 26.4. The van der Waals surface area contributed by atoms with E-state index < -0.39 is 112 Å². The van der Waals surface area contributed by atoms with Crippen LogP contribution in [0.2, 0.25) is 0 Å². The van der Waals surface area contributed by atoms with E-state index in [9.17, 15) is 56.2 Å². The highest BCUT2D eigenvalue weighted by molar-refractivity contribution is 4.96. The maximum Gasteiger partial charge on any atom is 0.187 e. The Kier molecular flexibility index (Phi) is 9.54. The summed E-state index contributed by atoms with van der Waals surface area (Å²) in [6, 6.07) is 0. The normalized spacial score (nSPS) is 52.5. The van der Waals surface area contributed by atoms with Gasteiger partial charge in [-0.25, -0.2) is 0 Å².